The molecule has 0 fully saturated rings. The Hall–Kier alpha value is -2.04. The number of aliphatic hydroxyl groups is 3. The number of carbonyl (C=O) groups is 4. The first-order valence-electron chi connectivity index (χ1n) is 4.75. The number of hydrogen-bond acceptors (Lipinski definition) is 10. The zero-order chi connectivity index (χ0) is 15.4. The molecule has 0 aromatic heterocycles. The Balaban J connectivity index is 5.67. The first-order chi connectivity index (χ1) is 8.57. The maximum Gasteiger partial charge on any atom is 0.175 e. The highest BCUT2D eigenvalue weighted by atomic mass is 16.4. The zero-order valence-electron chi connectivity index (χ0n) is 9.27. The van der Waals surface area contributed by atoms with E-state index >= 15 is 0 Å². The molecular formula is C9H9O10-3. The van der Waals surface area contributed by atoms with E-state index in [2.05, 4.69) is 0 Å². The predicted octanol–water partition coefficient (Wildman–Crippen LogP) is -7.10. The number of Topliss-reactive ketones (excluding diaryl/α,β-unsaturated/α-hetero) is 1. The summed E-state index contributed by atoms with van der Waals surface area (Å²) in [5, 5.41) is 58.6. The van der Waals surface area contributed by atoms with Gasteiger partial charge in [-0.25, -0.2) is 0 Å². The third kappa shape index (κ3) is 3.71. The van der Waals surface area contributed by atoms with Gasteiger partial charge in [0, 0.05) is 12.4 Å². The number of aliphatic carboxylic acids is 3. The molecule has 108 valence electrons. The fourth-order valence-electron chi connectivity index (χ4n) is 1.34. The van der Waals surface area contributed by atoms with Crippen LogP contribution in [-0.2, 0) is 19.2 Å². The molecule has 0 saturated carbocycles. The molecule has 0 heterocycles. The van der Waals surface area contributed by atoms with E-state index in [1.165, 1.54) is 0 Å². The lowest BCUT2D eigenvalue weighted by molar-refractivity contribution is -0.344. The van der Waals surface area contributed by atoms with Gasteiger partial charge in [-0.15, -0.1) is 0 Å². The summed E-state index contributed by atoms with van der Waals surface area (Å²) in [6, 6.07) is 0. The van der Waals surface area contributed by atoms with Crippen molar-refractivity contribution in [1.29, 1.82) is 0 Å². The van der Waals surface area contributed by atoms with Gasteiger partial charge in [0.25, 0.3) is 0 Å². The Morgan fingerprint density at radius 2 is 1.58 bits per heavy atom. The molecule has 10 heteroatoms. The highest BCUT2D eigenvalue weighted by Crippen LogP contribution is 2.23. The van der Waals surface area contributed by atoms with Crippen LogP contribution in [0.5, 0.6) is 0 Å². The van der Waals surface area contributed by atoms with E-state index in [4.69, 9.17) is 10.2 Å². The maximum absolute atomic E-state index is 11.4. The van der Waals surface area contributed by atoms with Crippen molar-refractivity contribution in [1.82, 2.24) is 0 Å². The van der Waals surface area contributed by atoms with E-state index in [0.29, 0.717) is 0 Å². The van der Waals surface area contributed by atoms with Crippen LogP contribution in [0.1, 0.15) is 6.42 Å². The molecule has 0 rings (SSSR count). The fourth-order valence-corrected chi connectivity index (χ4v) is 1.34. The molecule has 0 aliphatic heterocycles. The smallest absolute Gasteiger partial charge is 0.175 e. The minimum Gasteiger partial charge on any atom is -0.550 e. The fraction of sp³-hybridized carbons (Fsp3) is 0.556. The van der Waals surface area contributed by atoms with Gasteiger partial charge in [-0.2, -0.15) is 0 Å². The second kappa shape index (κ2) is 6.22. The Morgan fingerprint density at radius 1 is 1.11 bits per heavy atom. The van der Waals surface area contributed by atoms with Crippen LogP contribution in [-0.4, -0.2) is 57.3 Å². The van der Waals surface area contributed by atoms with Gasteiger partial charge >= 0.3 is 0 Å². The lowest BCUT2D eigenvalue weighted by atomic mass is 9.80. The van der Waals surface area contributed by atoms with Gasteiger partial charge in [-0.05, 0) is 0 Å². The lowest BCUT2D eigenvalue weighted by Crippen LogP contribution is -2.63. The van der Waals surface area contributed by atoms with Crippen molar-refractivity contribution in [2.75, 3.05) is 6.61 Å². The topological polar surface area (TPSA) is 198 Å². The zero-order valence-corrected chi connectivity index (χ0v) is 9.27. The SMILES string of the molecule is O=C([O-])CC(O)(C(=O)[O-])C(C(=O)[O-])C(=O)C(O)CO. The molecule has 19 heavy (non-hydrogen) atoms. The number of aliphatic hydroxyl groups excluding tert-OH is 2. The van der Waals surface area contributed by atoms with Crippen molar-refractivity contribution >= 4 is 23.7 Å². The standard InChI is InChI=1S/C9H12O10/c10-2-3(11)6(14)5(7(15)16)9(19,8(17)18)1-4(12)13/h3,5,10-11,19H,1-2H2,(H,12,13)(H,15,16)(H,17,18)/p-3. The average Bonchev–Trinajstić information content (AvgIpc) is 2.25. The maximum atomic E-state index is 11.4. The Bertz CT molecular complexity index is 402. The quantitative estimate of drug-likeness (QED) is 0.358. The second-order valence-corrected chi connectivity index (χ2v) is 3.61. The van der Waals surface area contributed by atoms with E-state index in [0.717, 1.165) is 0 Å². The number of carboxylic acids is 3. The van der Waals surface area contributed by atoms with E-state index in [1.807, 2.05) is 0 Å². The highest BCUT2D eigenvalue weighted by molar-refractivity contribution is 6.06. The van der Waals surface area contributed by atoms with Crippen molar-refractivity contribution in [2.45, 2.75) is 18.1 Å². The summed E-state index contributed by atoms with van der Waals surface area (Å²) in [4.78, 5) is 43.0. The van der Waals surface area contributed by atoms with Crippen LogP contribution in [0.3, 0.4) is 0 Å². The van der Waals surface area contributed by atoms with Crippen molar-refractivity contribution in [2.24, 2.45) is 5.92 Å². The molecule has 0 amide bonds. The molecule has 3 atom stereocenters. The molecule has 0 aromatic carbocycles. The molecule has 3 N–H and O–H groups in total. The summed E-state index contributed by atoms with van der Waals surface area (Å²) >= 11 is 0. The van der Waals surface area contributed by atoms with Gasteiger partial charge in [-0.1, -0.05) is 0 Å². The third-order valence-electron chi connectivity index (χ3n) is 2.27. The molecule has 0 radical (unpaired) electrons. The number of hydrogen-bond donors (Lipinski definition) is 3. The number of carboxylic acid groups (broad SMARTS) is 3. The largest absolute Gasteiger partial charge is 0.550 e. The van der Waals surface area contributed by atoms with Gasteiger partial charge in [-0.3, -0.25) is 4.79 Å². The number of ketones is 1. The van der Waals surface area contributed by atoms with Crippen molar-refractivity contribution < 1.29 is 49.8 Å². The van der Waals surface area contributed by atoms with Crippen molar-refractivity contribution in [3.05, 3.63) is 0 Å². The van der Waals surface area contributed by atoms with Crippen LogP contribution in [0.25, 0.3) is 0 Å². The summed E-state index contributed by atoms with van der Waals surface area (Å²) in [6.07, 6.45) is -4.12. The van der Waals surface area contributed by atoms with Crippen molar-refractivity contribution in [3.8, 4) is 0 Å². The van der Waals surface area contributed by atoms with E-state index in [1.54, 1.807) is 0 Å². The van der Waals surface area contributed by atoms with Crippen LogP contribution in [0, 0.1) is 5.92 Å². The third-order valence-corrected chi connectivity index (χ3v) is 2.27. The minimum absolute atomic E-state index is 1.27. The molecule has 0 saturated heterocycles. The summed E-state index contributed by atoms with van der Waals surface area (Å²) in [6.45, 7) is -1.27. The molecule has 0 spiro atoms. The second-order valence-electron chi connectivity index (χ2n) is 3.61. The van der Waals surface area contributed by atoms with Crippen LogP contribution in [0.15, 0.2) is 0 Å². The number of carbonyl (C=O) groups excluding carboxylic acids is 4. The summed E-state index contributed by atoms with van der Waals surface area (Å²) < 4.78 is 0. The summed E-state index contributed by atoms with van der Waals surface area (Å²) in [5.41, 5.74) is -3.68. The number of rotatable bonds is 8. The van der Waals surface area contributed by atoms with Gasteiger partial charge in [0.15, 0.2) is 5.78 Å². The van der Waals surface area contributed by atoms with Gasteiger partial charge < -0.3 is 45.0 Å². The Kier molecular flexibility index (Phi) is 5.55. The molecule has 0 aliphatic rings. The average molecular weight is 277 g/mol. The van der Waals surface area contributed by atoms with Crippen LogP contribution < -0.4 is 15.3 Å². The molecule has 3 unspecified atom stereocenters. The summed E-state index contributed by atoms with van der Waals surface area (Å²) in [5.74, 6) is -12.0. The molecular weight excluding hydrogens is 268 g/mol. The van der Waals surface area contributed by atoms with E-state index < -0.39 is 54.3 Å². The molecule has 0 aliphatic carbocycles. The van der Waals surface area contributed by atoms with Gasteiger partial charge in [0.1, 0.15) is 11.7 Å². The van der Waals surface area contributed by atoms with Crippen molar-refractivity contribution in [3.63, 3.8) is 0 Å². The van der Waals surface area contributed by atoms with Gasteiger partial charge in [0.2, 0.25) is 0 Å². The molecule has 10 nitrogen and oxygen atoms in total. The lowest BCUT2D eigenvalue weighted by Gasteiger charge is -2.37. The molecule has 0 bridgehead atoms. The Morgan fingerprint density at radius 3 is 1.84 bits per heavy atom. The highest BCUT2D eigenvalue weighted by Gasteiger charge is 2.45. The predicted molar refractivity (Wildman–Crippen MR) is 46.2 cm³/mol. The van der Waals surface area contributed by atoms with E-state index in [9.17, 15) is 39.6 Å². The van der Waals surface area contributed by atoms with Crippen LogP contribution in [0.2, 0.25) is 0 Å². The van der Waals surface area contributed by atoms with Gasteiger partial charge in [0.05, 0.1) is 24.5 Å². The van der Waals surface area contributed by atoms with Crippen LogP contribution in [0.4, 0.5) is 0 Å². The minimum atomic E-state index is -3.68. The first kappa shape index (κ1) is 17.0. The molecule has 0 aromatic rings. The first-order valence-corrected chi connectivity index (χ1v) is 4.75. The Labute approximate surface area is 105 Å². The normalized spacial score (nSPS) is 17.0. The monoisotopic (exact) mass is 277 g/mol. The van der Waals surface area contributed by atoms with E-state index in [-0.39, 0.29) is 0 Å². The summed E-state index contributed by atoms with van der Waals surface area (Å²) in [7, 11) is 0. The van der Waals surface area contributed by atoms with Crippen LogP contribution >= 0.6 is 0 Å².